The molecular formula is C8H14N4O. The van der Waals surface area contributed by atoms with Crippen molar-refractivity contribution in [2.24, 2.45) is 5.73 Å². The summed E-state index contributed by atoms with van der Waals surface area (Å²) in [6, 6.07) is 0.455. The van der Waals surface area contributed by atoms with Crippen molar-refractivity contribution in [3.8, 4) is 0 Å². The van der Waals surface area contributed by atoms with Gasteiger partial charge in [0.15, 0.2) is 0 Å². The Balaban J connectivity index is 2.11. The monoisotopic (exact) mass is 182 g/mol. The standard InChI is InChI=1S/C8H14N4O/c9-8(13)6-1-2-7-3-10-5-11-12(7)4-6/h4,7,10-11H,1-3,5H2,(H2,9,13). The topological polar surface area (TPSA) is 70.4 Å². The average Bonchev–Trinajstić information content (AvgIpc) is 2.17. The first-order valence-electron chi connectivity index (χ1n) is 4.50. The molecule has 0 bridgehead atoms. The molecule has 0 aromatic heterocycles. The lowest BCUT2D eigenvalue weighted by Gasteiger charge is -2.39. The zero-order chi connectivity index (χ0) is 9.26. The van der Waals surface area contributed by atoms with Crippen LogP contribution >= 0.6 is 0 Å². The fourth-order valence-electron chi connectivity index (χ4n) is 1.75. The van der Waals surface area contributed by atoms with E-state index in [2.05, 4.69) is 10.7 Å². The zero-order valence-corrected chi connectivity index (χ0v) is 7.42. The first kappa shape index (κ1) is 8.52. The van der Waals surface area contributed by atoms with Crippen molar-refractivity contribution in [2.75, 3.05) is 13.2 Å². The van der Waals surface area contributed by atoms with E-state index < -0.39 is 0 Å². The molecule has 0 aromatic carbocycles. The maximum Gasteiger partial charge on any atom is 0.246 e. The van der Waals surface area contributed by atoms with Gasteiger partial charge in [-0.2, -0.15) is 0 Å². The molecule has 2 heterocycles. The Morgan fingerprint density at radius 3 is 3.31 bits per heavy atom. The van der Waals surface area contributed by atoms with Crippen LogP contribution in [0.15, 0.2) is 11.8 Å². The van der Waals surface area contributed by atoms with Gasteiger partial charge < -0.3 is 16.1 Å². The SMILES string of the molecule is NC(=O)C1=CN2NCNCC2CC1. The van der Waals surface area contributed by atoms with Crippen molar-refractivity contribution in [2.45, 2.75) is 18.9 Å². The van der Waals surface area contributed by atoms with Crippen LogP contribution < -0.4 is 16.5 Å². The van der Waals surface area contributed by atoms with E-state index in [1.54, 1.807) is 0 Å². The number of rotatable bonds is 1. The van der Waals surface area contributed by atoms with Crippen LogP contribution in [0.3, 0.4) is 0 Å². The van der Waals surface area contributed by atoms with E-state index in [4.69, 9.17) is 5.73 Å². The number of nitrogens with one attached hydrogen (secondary N) is 2. The highest BCUT2D eigenvalue weighted by Gasteiger charge is 2.25. The molecule has 0 aromatic rings. The molecule has 5 nitrogen and oxygen atoms in total. The summed E-state index contributed by atoms with van der Waals surface area (Å²) in [5.41, 5.74) is 9.07. The Hall–Kier alpha value is -1.07. The van der Waals surface area contributed by atoms with Crippen molar-refractivity contribution in [1.82, 2.24) is 15.8 Å². The molecule has 1 atom stereocenters. The lowest BCUT2D eigenvalue weighted by molar-refractivity contribution is -0.115. The Morgan fingerprint density at radius 2 is 2.54 bits per heavy atom. The largest absolute Gasteiger partial charge is 0.366 e. The van der Waals surface area contributed by atoms with E-state index in [-0.39, 0.29) is 5.91 Å². The molecular weight excluding hydrogens is 168 g/mol. The summed E-state index contributed by atoms with van der Waals surface area (Å²) in [6.45, 7) is 1.72. The molecule has 13 heavy (non-hydrogen) atoms. The summed E-state index contributed by atoms with van der Waals surface area (Å²) in [7, 11) is 0. The quantitative estimate of drug-likeness (QED) is 0.480. The van der Waals surface area contributed by atoms with Gasteiger partial charge in [0, 0.05) is 18.3 Å². The first-order valence-corrected chi connectivity index (χ1v) is 4.50. The second-order valence-corrected chi connectivity index (χ2v) is 3.41. The number of carbonyl (C=O) groups is 1. The molecule has 1 amide bonds. The number of primary amides is 1. The van der Waals surface area contributed by atoms with E-state index in [0.717, 1.165) is 26.1 Å². The summed E-state index contributed by atoms with van der Waals surface area (Å²) in [6.07, 6.45) is 3.60. The van der Waals surface area contributed by atoms with Crippen molar-refractivity contribution in [3.05, 3.63) is 11.8 Å². The second-order valence-electron chi connectivity index (χ2n) is 3.41. The fraction of sp³-hybridized carbons (Fsp3) is 0.625. The molecule has 72 valence electrons. The van der Waals surface area contributed by atoms with Crippen LogP contribution in [-0.4, -0.2) is 30.2 Å². The maximum atomic E-state index is 10.9. The van der Waals surface area contributed by atoms with Crippen molar-refractivity contribution in [3.63, 3.8) is 0 Å². The van der Waals surface area contributed by atoms with Gasteiger partial charge in [0.05, 0.1) is 12.7 Å². The van der Waals surface area contributed by atoms with Gasteiger partial charge in [0.2, 0.25) is 5.91 Å². The highest BCUT2D eigenvalue weighted by atomic mass is 16.1. The number of nitrogens with zero attached hydrogens (tertiary/aromatic N) is 1. The average molecular weight is 182 g/mol. The van der Waals surface area contributed by atoms with Gasteiger partial charge in [-0.05, 0) is 12.8 Å². The molecule has 2 rings (SSSR count). The molecule has 2 aliphatic rings. The smallest absolute Gasteiger partial charge is 0.246 e. The predicted octanol–water partition coefficient (Wildman–Crippen LogP) is -1.11. The van der Waals surface area contributed by atoms with Crippen molar-refractivity contribution >= 4 is 5.91 Å². The Bertz CT molecular complexity index is 251. The van der Waals surface area contributed by atoms with Crippen LogP contribution in [0.4, 0.5) is 0 Å². The van der Waals surface area contributed by atoms with Crippen LogP contribution in [0.25, 0.3) is 0 Å². The zero-order valence-electron chi connectivity index (χ0n) is 7.42. The van der Waals surface area contributed by atoms with Crippen molar-refractivity contribution < 1.29 is 4.79 Å². The predicted molar refractivity (Wildman–Crippen MR) is 48.1 cm³/mol. The molecule has 5 heteroatoms. The van der Waals surface area contributed by atoms with E-state index in [1.165, 1.54) is 0 Å². The minimum absolute atomic E-state index is 0.307. The molecule has 0 aliphatic carbocycles. The number of amides is 1. The first-order chi connectivity index (χ1) is 6.27. The third kappa shape index (κ3) is 1.66. The van der Waals surface area contributed by atoms with Crippen LogP contribution in [0, 0.1) is 0 Å². The fourth-order valence-corrected chi connectivity index (χ4v) is 1.75. The highest BCUT2D eigenvalue weighted by molar-refractivity contribution is 5.91. The Labute approximate surface area is 76.9 Å². The van der Waals surface area contributed by atoms with Crippen molar-refractivity contribution in [1.29, 1.82) is 0 Å². The summed E-state index contributed by atoms with van der Waals surface area (Å²) in [5, 5.41) is 5.22. The molecule has 0 radical (unpaired) electrons. The van der Waals surface area contributed by atoms with E-state index in [0.29, 0.717) is 11.6 Å². The third-order valence-electron chi connectivity index (χ3n) is 2.52. The molecule has 0 spiro atoms. The normalized spacial score (nSPS) is 27.8. The van der Waals surface area contributed by atoms with Gasteiger partial charge in [0.25, 0.3) is 0 Å². The highest BCUT2D eigenvalue weighted by Crippen LogP contribution is 2.19. The van der Waals surface area contributed by atoms with Crippen LogP contribution in [-0.2, 0) is 4.79 Å². The molecule has 1 saturated heterocycles. The van der Waals surface area contributed by atoms with Gasteiger partial charge in [-0.3, -0.25) is 4.79 Å². The second kappa shape index (κ2) is 3.35. The van der Waals surface area contributed by atoms with E-state index >= 15 is 0 Å². The minimum atomic E-state index is -0.307. The van der Waals surface area contributed by atoms with Crippen LogP contribution in [0.2, 0.25) is 0 Å². The van der Waals surface area contributed by atoms with Gasteiger partial charge in [-0.25, -0.2) is 5.43 Å². The number of hydrogen-bond acceptors (Lipinski definition) is 4. The van der Waals surface area contributed by atoms with Crippen LogP contribution in [0.5, 0.6) is 0 Å². The Morgan fingerprint density at radius 1 is 1.69 bits per heavy atom. The summed E-state index contributed by atoms with van der Waals surface area (Å²) in [5.74, 6) is -0.307. The number of hydrogen-bond donors (Lipinski definition) is 3. The van der Waals surface area contributed by atoms with Gasteiger partial charge in [0.1, 0.15) is 0 Å². The lowest BCUT2D eigenvalue weighted by atomic mass is 10.0. The number of hydrazine groups is 1. The lowest BCUT2D eigenvalue weighted by Crippen LogP contribution is -2.57. The molecule has 2 aliphatic heterocycles. The maximum absolute atomic E-state index is 10.9. The van der Waals surface area contributed by atoms with Gasteiger partial charge in [-0.1, -0.05) is 0 Å². The van der Waals surface area contributed by atoms with E-state index in [9.17, 15) is 4.79 Å². The molecule has 4 N–H and O–H groups in total. The molecule has 0 saturated carbocycles. The number of carbonyl (C=O) groups excluding carboxylic acids is 1. The summed E-state index contributed by atoms with van der Waals surface area (Å²) >= 11 is 0. The summed E-state index contributed by atoms with van der Waals surface area (Å²) < 4.78 is 0. The molecule has 1 fully saturated rings. The van der Waals surface area contributed by atoms with Crippen LogP contribution in [0.1, 0.15) is 12.8 Å². The minimum Gasteiger partial charge on any atom is -0.366 e. The van der Waals surface area contributed by atoms with Gasteiger partial charge >= 0.3 is 0 Å². The van der Waals surface area contributed by atoms with E-state index in [1.807, 2.05) is 11.2 Å². The third-order valence-corrected chi connectivity index (χ3v) is 2.52. The molecule has 1 unspecified atom stereocenters. The number of nitrogens with two attached hydrogens (primary N) is 1. The Kier molecular flexibility index (Phi) is 2.20. The number of fused-ring (bicyclic) bond motifs is 1. The summed E-state index contributed by atoms with van der Waals surface area (Å²) in [4.78, 5) is 10.9. The van der Waals surface area contributed by atoms with Gasteiger partial charge in [-0.15, -0.1) is 0 Å².